The Morgan fingerprint density at radius 1 is 0.415 bits per heavy atom. The van der Waals surface area contributed by atoms with Crippen LogP contribution in [-0.4, -0.2) is 11.6 Å². The van der Waals surface area contributed by atoms with Crippen molar-refractivity contribution in [3.63, 3.8) is 0 Å². The summed E-state index contributed by atoms with van der Waals surface area (Å²) in [5.74, 6) is 1.56. The van der Waals surface area contributed by atoms with E-state index in [1.807, 2.05) is 0 Å². The molecule has 10 aliphatic heterocycles. The fourth-order valence-electron chi connectivity index (χ4n) is 22.4. The van der Waals surface area contributed by atoms with Crippen LogP contribution in [0.4, 0.5) is 0 Å². The fourth-order valence-corrected chi connectivity index (χ4v) is 98.4. The third kappa shape index (κ3) is 0.821. The normalized spacial score (nSPS) is 58.1. The van der Waals surface area contributed by atoms with E-state index in [4.69, 9.17) is 0 Å². The summed E-state index contributed by atoms with van der Waals surface area (Å²) < 4.78 is 0.527. The first kappa shape index (κ1) is 26.1. The molecule has 10 saturated heterocycles. The van der Waals surface area contributed by atoms with Crippen LogP contribution in [0.25, 0.3) is 0 Å². The third-order valence-corrected chi connectivity index (χ3v) is 64.4. The molecule has 0 radical (unpaired) electrons. The van der Waals surface area contributed by atoms with Crippen molar-refractivity contribution in [2.75, 3.05) is 0 Å². The number of carbonyl (C=O) groups is 2. The Kier molecular flexibility index (Phi) is 3.12. The summed E-state index contributed by atoms with van der Waals surface area (Å²) >= 11 is 0. The minimum atomic E-state index is -3.92. The standard InChI is InChI=1S/2C19H31O.Fe/c2*1-2-3-4-5-6-7-8-9-10-11-12-17-19(20)18-15-13-14-16-18;/h2*13-16H,2-12,17H2,1H3;. The molecule has 10 rings (SSSR count). The van der Waals surface area contributed by atoms with Gasteiger partial charge in [0.05, 0.1) is 0 Å². The first-order valence-corrected chi connectivity index (χ1v) is 25.4. The predicted octanol–water partition coefficient (Wildman–Crippen LogP) is 12.7. The summed E-state index contributed by atoms with van der Waals surface area (Å²) in [5, 5.41) is 0. The Bertz CT molecular complexity index is 1370. The zero-order valence-corrected chi connectivity index (χ0v) is 27.9. The molecular formula is C38H62FeO2. The number of unbranched alkanes of at least 4 members (excludes halogenated alkanes) is 20. The van der Waals surface area contributed by atoms with Crippen LogP contribution in [0.5, 0.6) is 0 Å². The van der Waals surface area contributed by atoms with Gasteiger partial charge in [-0.2, -0.15) is 0 Å². The van der Waals surface area contributed by atoms with Gasteiger partial charge in [0.25, 0.3) is 0 Å². The summed E-state index contributed by atoms with van der Waals surface area (Å²) in [6.45, 7) is 0.666. The predicted molar refractivity (Wildman–Crippen MR) is 168 cm³/mol. The molecule has 0 amide bonds. The van der Waals surface area contributed by atoms with E-state index in [9.17, 15) is 9.59 Å². The number of hydrogen-bond acceptors (Lipinski definition) is 2. The average Bonchev–Trinajstić information content (AvgIpc) is 3.92. The van der Waals surface area contributed by atoms with E-state index in [0.29, 0.717) is 0 Å². The second-order valence-corrected chi connectivity index (χ2v) is 42.4. The first-order valence-electron chi connectivity index (χ1n) is 19.2. The molecule has 8 atom stereocenters. The first-order chi connectivity index (χ1) is 19.9. The van der Waals surface area contributed by atoms with E-state index < -0.39 is 6.51 Å². The van der Waals surface area contributed by atoms with E-state index in [2.05, 4.69) is 13.8 Å². The van der Waals surface area contributed by atoms with Crippen molar-refractivity contribution in [1.29, 1.82) is 0 Å². The summed E-state index contributed by atoms with van der Waals surface area (Å²) in [5.41, 5.74) is 0. The van der Waals surface area contributed by atoms with Gasteiger partial charge in [-0.05, 0) is 0 Å². The molecule has 10 heterocycles. The van der Waals surface area contributed by atoms with E-state index in [1.54, 1.807) is 0 Å². The molecule has 0 aromatic rings. The molecule has 10 aliphatic rings. The topological polar surface area (TPSA) is 34.1 Å². The molecule has 0 saturated carbocycles. The number of ketones is 2. The van der Waals surface area contributed by atoms with Gasteiger partial charge < -0.3 is 0 Å². The summed E-state index contributed by atoms with van der Waals surface area (Å²) in [6.07, 6.45) is 31.7. The quantitative estimate of drug-likeness (QED) is 0.0725. The number of rotatable bonds is 26. The van der Waals surface area contributed by atoms with Crippen molar-refractivity contribution in [3.05, 3.63) is 0 Å². The summed E-state index contributed by atoms with van der Waals surface area (Å²) in [7, 11) is 0. The molecule has 234 valence electrons. The number of hydrogen-bond donors (Lipinski definition) is 0. The maximum absolute atomic E-state index is 14.2. The molecular weight excluding hydrogens is 544 g/mol. The van der Waals surface area contributed by atoms with Gasteiger partial charge in [0, 0.05) is 0 Å². The monoisotopic (exact) mass is 606 g/mol. The molecule has 41 heavy (non-hydrogen) atoms. The zero-order chi connectivity index (χ0) is 28.1. The summed E-state index contributed by atoms with van der Waals surface area (Å²) in [6, 6.07) is 0. The number of Topliss-reactive ketones (excluding diaryl/α,β-unsaturated/α-hetero) is 2. The van der Waals surface area contributed by atoms with Crippen molar-refractivity contribution in [1.82, 2.24) is 0 Å². The van der Waals surface area contributed by atoms with Crippen molar-refractivity contribution in [2.24, 2.45) is 0 Å². The van der Waals surface area contributed by atoms with E-state index in [0.717, 1.165) is 75.8 Å². The van der Waals surface area contributed by atoms with Crippen LogP contribution in [0.15, 0.2) is 0 Å². The molecule has 0 aromatic carbocycles. The van der Waals surface area contributed by atoms with Crippen LogP contribution in [0.3, 0.4) is 0 Å². The summed E-state index contributed by atoms with van der Waals surface area (Å²) in [4.78, 5) is 36.3. The van der Waals surface area contributed by atoms with Crippen molar-refractivity contribution < 1.29 is 16.1 Å². The molecule has 3 heteroatoms. The Balaban J connectivity index is 0.702. The van der Waals surface area contributed by atoms with Gasteiger partial charge in [-0.1, -0.05) is 39.5 Å². The Morgan fingerprint density at radius 2 is 0.659 bits per heavy atom. The minimum absolute atomic E-state index is 0.264. The zero-order valence-electron chi connectivity index (χ0n) is 26.8. The Hall–Kier alpha value is -0.141. The molecule has 8 unspecified atom stereocenters. The second-order valence-electron chi connectivity index (χ2n) is 19.2. The number of carbonyl (C=O) groups excluding carboxylic acids is 2. The van der Waals surface area contributed by atoms with Crippen LogP contribution in [0.2, 0.25) is 47.2 Å². The van der Waals surface area contributed by atoms with Crippen LogP contribution in [-0.2, 0) is 16.1 Å². The van der Waals surface area contributed by atoms with Gasteiger partial charge in [0.2, 0.25) is 0 Å². The molecule has 10 fully saturated rings. The molecule has 0 aliphatic carbocycles. The van der Waals surface area contributed by atoms with E-state index in [-0.39, 0.29) is 8.63 Å². The average molecular weight is 607 g/mol. The van der Waals surface area contributed by atoms with Gasteiger partial charge in [0.15, 0.2) is 0 Å². The maximum atomic E-state index is 14.2. The van der Waals surface area contributed by atoms with Crippen LogP contribution >= 0.6 is 0 Å². The Labute approximate surface area is 242 Å². The van der Waals surface area contributed by atoms with Gasteiger partial charge in [-0.15, -0.1) is 0 Å². The fraction of sp³-hybridized carbons (Fsp3) is 0.947. The molecule has 2 nitrogen and oxygen atoms in total. The van der Waals surface area contributed by atoms with Crippen molar-refractivity contribution in [2.45, 2.75) is 215 Å². The van der Waals surface area contributed by atoms with Gasteiger partial charge in [0.1, 0.15) is 0 Å². The molecule has 0 N–H and O–H groups in total. The van der Waals surface area contributed by atoms with Crippen LogP contribution in [0, 0.1) is 0 Å². The van der Waals surface area contributed by atoms with Gasteiger partial charge >= 0.3 is 203 Å². The van der Waals surface area contributed by atoms with E-state index in [1.165, 1.54) is 128 Å². The molecule has 0 bridgehead atoms. The number of fused-ring (bicyclic) bond motifs is 10. The third-order valence-electron chi connectivity index (χ3n) is 21.7. The molecule has 1 spiro atoms. The van der Waals surface area contributed by atoms with Crippen molar-refractivity contribution in [3.8, 4) is 0 Å². The van der Waals surface area contributed by atoms with Gasteiger partial charge in [-0.25, -0.2) is 0 Å². The second kappa shape index (κ2) is 4.90. The van der Waals surface area contributed by atoms with E-state index >= 15 is 0 Å². The molecule has 0 aromatic heterocycles. The van der Waals surface area contributed by atoms with Crippen LogP contribution in [0.1, 0.15) is 168 Å². The van der Waals surface area contributed by atoms with Gasteiger partial charge in [-0.3, -0.25) is 0 Å². The Morgan fingerprint density at radius 3 is 0.902 bits per heavy atom. The SMILES string of the molecule is CCCCCCCCCCCCCC(=O)[C]12[CH]3[CH]4[CH]5[CH]1[Fe]45321678[CH]2[CH]1[CH]6[C]7(C(=O)CCCCCCCCCCCCC)[CH]28. The van der Waals surface area contributed by atoms with Crippen LogP contribution < -0.4 is 0 Å². The van der Waals surface area contributed by atoms with Crippen molar-refractivity contribution >= 4 is 11.6 Å².